The molecule has 124 valence electrons. The first-order chi connectivity index (χ1) is 11.6. The van der Waals surface area contributed by atoms with Crippen LogP contribution in [0.1, 0.15) is 37.3 Å². The molecule has 0 saturated carbocycles. The van der Waals surface area contributed by atoms with E-state index in [0.717, 1.165) is 6.42 Å². The smallest absolute Gasteiger partial charge is 0.260 e. The summed E-state index contributed by atoms with van der Waals surface area (Å²) in [4.78, 5) is 12.3. The van der Waals surface area contributed by atoms with E-state index in [2.05, 4.69) is 30.4 Å². The molecule has 2 atom stereocenters. The van der Waals surface area contributed by atoms with Crippen LogP contribution in [0.4, 0.5) is 0 Å². The SMILES string of the molecule is CC[C@@H](CNC(=O)[C@@H](C)Oc1cccc(C#N)c1)c1ccccc1. The van der Waals surface area contributed by atoms with Crippen molar-refractivity contribution in [2.24, 2.45) is 0 Å². The molecule has 0 radical (unpaired) electrons. The number of carbonyl (C=O) groups excluding carboxylic acids is 1. The van der Waals surface area contributed by atoms with Crippen LogP contribution >= 0.6 is 0 Å². The standard InChI is InChI=1S/C20H22N2O2/c1-3-17(18-9-5-4-6-10-18)14-22-20(23)15(2)24-19-11-7-8-16(12-19)13-21/h4-12,15,17H,3,14H2,1-2H3,(H,22,23)/t15-,17+/m1/s1. The summed E-state index contributed by atoms with van der Waals surface area (Å²) in [5.74, 6) is 0.641. The number of nitrogens with zero attached hydrogens (tertiary/aromatic N) is 1. The zero-order valence-corrected chi connectivity index (χ0v) is 14.0. The molecule has 4 nitrogen and oxygen atoms in total. The van der Waals surface area contributed by atoms with E-state index in [-0.39, 0.29) is 11.8 Å². The lowest BCUT2D eigenvalue weighted by Gasteiger charge is -2.19. The van der Waals surface area contributed by atoms with Gasteiger partial charge in [0.2, 0.25) is 0 Å². The van der Waals surface area contributed by atoms with Gasteiger partial charge in [-0.15, -0.1) is 0 Å². The number of nitriles is 1. The third kappa shape index (κ3) is 4.85. The first kappa shape index (κ1) is 17.6. The van der Waals surface area contributed by atoms with Crippen molar-refractivity contribution >= 4 is 5.91 Å². The second kappa shape index (κ2) is 8.73. The predicted octanol–water partition coefficient (Wildman–Crippen LogP) is 3.64. The molecule has 0 fully saturated rings. The largest absolute Gasteiger partial charge is 0.481 e. The third-order valence-electron chi connectivity index (χ3n) is 3.93. The first-order valence-corrected chi connectivity index (χ1v) is 8.13. The summed E-state index contributed by atoms with van der Waals surface area (Å²) in [6.07, 6.45) is 0.330. The molecule has 0 bridgehead atoms. The highest BCUT2D eigenvalue weighted by Gasteiger charge is 2.17. The summed E-state index contributed by atoms with van der Waals surface area (Å²) in [6, 6.07) is 19.0. The van der Waals surface area contributed by atoms with Gasteiger partial charge in [-0.25, -0.2) is 0 Å². The van der Waals surface area contributed by atoms with E-state index in [9.17, 15) is 4.79 Å². The minimum Gasteiger partial charge on any atom is -0.481 e. The van der Waals surface area contributed by atoms with Gasteiger partial charge in [0.25, 0.3) is 5.91 Å². The van der Waals surface area contributed by atoms with Crippen molar-refractivity contribution in [3.8, 4) is 11.8 Å². The summed E-state index contributed by atoms with van der Waals surface area (Å²) in [5, 5.41) is 11.9. The van der Waals surface area contributed by atoms with Crippen LogP contribution in [0, 0.1) is 11.3 Å². The van der Waals surface area contributed by atoms with E-state index in [1.807, 2.05) is 18.2 Å². The Morgan fingerprint density at radius 1 is 1.21 bits per heavy atom. The Bertz CT molecular complexity index is 707. The van der Waals surface area contributed by atoms with Crippen molar-refractivity contribution in [1.82, 2.24) is 5.32 Å². The van der Waals surface area contributed by atoms with Gasteiger partial charge in [-0.05, 0) is 37.1 Å². The van der Waals surface area contributed by atoms with Crippen molar-refractivity contribution in [2.45, 2.75) is 32.3 Å². The second-order valence-corrected chi connectivity index (χ2v) is 5.66. The van der Waals surface area contributed by atoms with Gasteiger partial charge < -0.3 is 10.1 Å². The van der Waals surface area contributed by atoms with Crippen LogP contribution < -0.4 is 10.1 Å². The molecule has 0 saturated heterocycles. The van der Waals surface area contributed by atoms with Gasteiger partial charge in [-0.1, -0.05) is 43.3 Å². The molecule has 0 aliphatic heterocycles. The van der Waals surface area contributed by atoms with Gasteiger partial charge in [-0.3, -0.25) is 4.79 Å². The summed E-state index contributed by atoms with van der Waals surface area (Å²) in [7, 11) is 0. The number of benzene rings is 2. The van der Waals surface area contributed by atoms with Crippen molar-refractivity contribution in [3.63, 3.8) is 0 Å². The molecule has 0 unspecified atom stereocenters. The van der Waals surface area contributed by atoms with Crippen molar-refractivity contribution in [2.75, 3.05) is 6.54 Å². The highest BCUT2D eigenvalue weighted by atomic mass is 16.5. The lowest BCUT2D eigenvalue weighted by molar-refractivity contribution is -0.127. The van der Waals surface area contributed by atoms with Crippen molar-refractivity contribution < 1.29 is 9.53 Å². The molecule has 24 heavy (non-hydrogen) atoms. The topological polar surface area (TPSA) is 62.1 Å². The maximum absolute atomic E-state index is 12.3. The number of hydrogen-bond acceptors (Lipinski definition) is 3. The third-order valence-corrected chi connectivity index (χ3v) is 3.93. The van der Waals surface area contributed by atoms with Gasteiger partial charge in [0.1, 0.15) is 5.75 Å². The van der Waals surface area contributed by atoms with Gasteiger partial charge in [0.15, 0.2) is 6.10 Å². The van der Waals surface area contributed by atoms with Crippen LogP contribution in [-0.4, -0.2) is 18.6 Å². The second-order valence-electron chi connectivity index (χ2n) is 5.66. The Labute approximate surface area is 143 Å². The molecule has 2 aromatic carbocycles. The molecule has 0 aromatic heterocycles. The van der Waals surface area contributed by atoms with Crippen LogP contribution in [0.3, 0.4) is 0 Å². The molecular weight excluding hydrogens is 300 g/mol. The zero-order valence-electron chi connectivity index (χ0n) is 14.0. The number of carbonyl (C=O) groups is 1. The molecule has 2 rings (SSSR count). The number of rotatable bonds is 7. The molecule has 0 spiro atoms. The molecular formula is C20H22N2O2. The molecule has 0 aliphatic rings. The Kier molecular flexibility index (Phi) is 6.39. The minimum atomic E-state index is -0.618. The van der Waals surface area contributed by atoms with E-state index in [1.165, 1.54) is 5.56 Å². The molecule has 1 amide bonds. The molecule has 4 heteroatoms. The van der Waals surface area contributed by atoms with Crippen molar-refractivity contribution in [1.29, 1.82) is 5.26 Å². The van der Waals surface area contributed by atoms with Crippen LogP contribution in [0.15, 0.2) is 54.6 Å². The Hall–Kier alpha value is -2.80. The molecule has 0 heterocycles. The van der Waals surface area contributed by atoms with Crippen LogP contribution in [0.25, 0.3) is 0 Å². The number of ether oxygens (including phenoxy) is 1. The Morgan fingerprint density at radius 3 is 2.62 bits per heavy atom. The highest BCUT2D eigenvalue weighted by molar-refractivity contribution is 5.80. The molecule has 1 N–H and O–H groups in total. The molecule has 0 aliphatic carbocycles. The van der Waals surface area contributed by atoms with Crippen LogP contribution in [0.5, 0.6) is 5.75 Å². The Balaban J connectivity index is 1.90. The van der Waals surface area contributed by atoms with E-state index in [0.29, 0.717) is 17.9 Å². The summed E-state index contributed by atoms with van der Waals surface area (Å²) in [5.41, 5.74) is 1.73. The first-order valence-electron chi connectivity index (χ1n) is 8.13. The Morgan fingerprint density at radius 2 is 1.96 bits per heavy atom. The number of amides is 1. The van der Waals surface area contributed by atoms with Gasteiger partial charge in [-0.2, -0.15) is 5.26 Å². The summed E-state index contributed by atoms with van der Waals surface area (Å²) in [6.45, 7) is 4.39. The van der Waals surface area contributed by atoms with E-state index in [1.54, 1.807) is 31.2 Å². The lowest BCUT2D eigenvalue weighted by atomic mass is 9.96. The predicted molar refractivity (Wildman–Crippen MR) is 93.7 cm³/mol. The van der Waals surface area contributed by atoms with Gasteiger partial charge in [0.05, 0.1) is 11.6 Å². The summed E-state index contributed by atoms with van der Waals surface area (Å²) >= 11 is 0. The van der Waals surface area contributed by atoms with E-state index in [4.69, 9.17) is 10.00 Å². The average Bonchev–Trinajstić information content (AvgIpc) is 2.63. The fourth-order valence-electron chi connectivity index (χ4n) is 2.49. The van der Waals surface area contributed by atoms with E-state index >= 15 is 0 Å². The monoisotopic (exact) mass is 322 g/mol. The van der Waals surface area contributed by atoms with E-state index < -0.39 is 6.10 Å². The normalized spacial score (nSPS) is 12.7. The van der Waals surface area contributed by atoms with Gasteiger partial charge in [0, 0.05) is 12.5 Å². The van der Waals surface area contributed by atoms with Crippen LogP contribution in [0.2, 0.25) is 0 Å². The lowest BCUT2D eigenvalue weighted by Crippen LogP contribution is -2.38. The fourth-order valence-corrected chi connectivity index (χ4v) is 2.49. The summed E-state index contributed by atoms with van der Waals surface area (Å²) < 4.78 is 5.63. The minimum absolute atomic E-state index is 0.160. The van der Waals surface area contributed by atoms with Crippen LogP contribution in [-0.2, 0) is 4.79 Å². The fraction of sp³-hybridized carbons (Fsp3) is 0.300. The number of hydrogen-bond donors (Lipinski definition) is 1. The average molecular weight is 322 g/mol. The van der Waals surface area contributed by atoms with Crippen molar-refractivity contribution in [3.05, 3.63) is 65.7 Å². The quantitative estimate of drug-likeness (QED) is 0.846. The van der Waals surface area contributed by atoms with Gasteiger partial charge >= 0.3 is 0 Å². The zero-order chi connectivity index (χ0) is 17.4. The maximum Gasteiger partial charge on any atom is 0.260 e. The molecule has 2 aromatic rings. The highest BCUT2D eigenvalue weighted by Crippen LogP contribution is 2.18. The number of nitrogens with one attached hydrogen (secondary N) is 1. The maximum atomic E-state index is 12.3.